The van der Waals surface area contributed by atoms with Crippen LogP contribution in [0.2, 0.25) is 0 Å². The van der Waals surface area contributed by atoms with E-state index in [1.54, 1.807) is 0 Å². The number of nitrogens with zero attached hydrogens (tertiary/aromatic N) is 2. The summed E-state index contributed by atoms with van der Waals surface area (Å²) in [6, 6.07) is 21.7. The minimum absolute atomic E-state index is 0.447. The first-order chi connectivity index (χ1) is 10.9. The molecule has 114 valence electrons. The van der Waals surface area contributed by atoms with Crippen LogP contribution >= 0.6 is 23.5 Å². The average molecular weight is 329 g/mol. The molecule has 2 aromatic rings. The van der Waals surface area contributed by atoms with Gasteiger partial charge in [-0.25, -0.2) is 0 Å². The van der Waals surface area contributed by atoms with E-state index < -0.39 is 0 Å². The summed E-state index contributed by atoms with van der Waals surface area (Å²) in [5.41, 5.74) is 2.69. The minimum atomic E-state index is 0.447. The van der Waals surface area contributed by atoms with Gasteiger partial charge in [0.2, 0.25) is 0 Å². The van der Waals surface area contributed by atoms with Crippen LogP contribution < -0.4 is 9.80 Å². The van der Waals surface area contributed by atoms with Crippen LogP contribution in [0.5, 0.6) is 0 Å². The third kappa shape index (κ3) is 2.70. The molecular formula is C18H20N2S2. The summed E-state index contributed by atoms with van der Waals surface area (Å²) in [6.07, 6.45) is 0.447. The van der Waals surface area contributed by atoms with Crippen LogP contribution in [0.1, 0.15) is 0 Å². The Morgan fingerprint density at radius 3 is 1.59 bits per heavy atom. The molecule has 4 rings (SSSR count). The Morgan fingerprint density at radius 2 is 1.14 bits per heavy atom. The van der Waals surface area contributed by atoms with Gasteiger partial charge in [-0.1, -0.05) is 36.4 Å². The predicted octanol–water partition coefficient (Wildman–Crippen LogP) is 4.15. The molecule has 2 aromatic carbocycles. The van der Waals surface area contributed by atoms with Crippen LogP contribution in [0.25, 0.3) is 0 Å². The zero-order chi connectivity index (χ0) is 14.8. The highest BCUT2D eigenvalue weighted by molar-refractivity contribution is 8.20. The monoisotopic (exact) mass is 328 g/mol. The molecule has 2 heterocycles. The summed E-state index contributed by atoms with van der Waals surface area (Å²) in [6.45, 7) is 2.20. The number of hydrogen-bond donors (Lipinski definition) is 0. The van der Waals surface area contributed by atoms with E-state index >= 15 is 0 Å². The van der Waals surface area contributed by atoms with Crippen molar-refractivity contribution in [3.05, 3.63) is 60.7 Å². The molecular weight excluding hydrogens is 308 g/mol. The van der Waals surface area contributed by atoms with Gasteiger partial charge >= 0.3 is 0 Å². The van der Waals surface area contributed by atoms with Crippen LogP contribution in [0.15, 0.2) is 60.7 Å². The van der Waals surface area contributed by atoms with Crippen molar-refractivity contribution in [1.29, 1.82) is 0 Å². The van der Waals surface area contributed by atoms with Crippen LogP contribution in [0.3, 0.4) is 0 Å². The Hall–Kier alpha value is -1.26. The zero-order valence-corrected chi connectivity index (χ0v) is 14.1. The largest absolute Gasteiger partial charge is 0.348 e. The third-order valence-corrected chi connectivity index (χ3v) is 7.39. The quantitative estimate of drug-likeness (QED) is 0.835. The number of para-hydroxylation sites is 2. The Kier molecular flexibility index (Phi) is 4.22. The van der Waals surface area contributed by atoms with Crippen molar-refractivity contribution < 1.29 is 0 Å². The van der Waals surface area contributed by atoms with Crippen molar-refractivity contribution in [3.63, 3.8) is 0 Å². The van der Waals surface area contributed by atoms with E-state index in [2.05, 4.69) is 94.0 Å². The molecule has 0 unspecified atom stereocenters. The molecule has 0 amide bonds. The fourth-order valence-electron chi connectivity index (χ4n) is 3.29. The highest BCUT2D eigenvalue weighted by Gasteiger charge is 2.40. The number of hydrogen-bond acceptors (Lipinski definition) is 4. The molecule has 2 nitrogen and oxygen atoms in total. The van der Waals surface area contributed by atoms with Crippen molar-refractivity contribution in [2.75, 3.05) is 34.4 Å². The average Bonchev–Trinajstić information content (AvgIpc) is 3.25. The first-order valence-electron chi connectivity index (χ1n) is 7.80. The van der Waals surface area contributed by atoms with Gasteiger partial charge in [-0.15, -0.1) is 23.5 Å². The minimum Gasteiger partial charge on any atom is -0.348 e. The Balaban J connectivity index is 1.68. The lowest BCUT2D eigenvalue weighted by Gasteiger charge is -2.36. The van der Waals surface area contributed by atoms with E-state index in [-0.39, 0.29) is 0 Å². The van der Waals surface area contributed by atoms with Crippen molar-refractivity contribution in [2.45, 2.75) is 10.7 Å². The lowest BCUT2D eigenvalue weighted by molar-refractivity contribution is 0.723. The molecule has 2 aliphatic heterocycles. The molecule has 0 spiro atoms. The lowest BCUT2D eigenvalue weighted by atomic mass is 10.2. The molecule has 22 heavy (non-hydrogen) atoms. The van der Waals surface area contributed by atoms with Gasteiger partial charge in [-0.3, -0.25) is 0 Å². The molecule has 0 atom stereocenters. The van der Waals surface area contributed by atoms with Gasteiger partial charge in [-0.2, -0.15) is 0 Å². The van der Waals surface area contributed by atoms with Crippen LogP contribution in [0.4, 0.5) is 11.4 Å². The molecule has 0 saturated carbocycles. The molecule has 0 radical (unpaired) electrons. The normalized spacial score (nSPS) is 20.0. The lowest BCUT2D eigenvalue weighted by Crippen LogP contribution is -2.45. The molecule has 0 aliphatic carbocycles. The SMILES string of the molecule is c1ccc(N2CCN(c3ccccc3)C2C2SCCS2)cc1. The first kappa shape index (κ1) is 14.3. The topological polar surface area (TPSA) is 6.48 Å². The molecule has 0 bridgehead atoms. The van der Waals surface area contributed by atoms with Gasteiger partial charge < -0.3 is 9.80 Å². The molecule has 0 aromatic heterocycles. The molecule has 2 aliphatic rings. The molecule has 4 heteroatoms. The van der Waals surface area contributed by atoms with Crippen molar-refractivity contribution in [2.24, 2.45) is 0 Å². The number of thioether (sulfide) groups is 2. The maximum Gasteiger partial charge on any atom is 0.123 e. The van der Waals surface area contributed by atoms with Gasteiger partial charge in [0.1, 0.15) is 6.17 Å². The molecule has 2 saturated heterocycles. The second-order valence-corrected chi connectivity index (χ2v) is 8.38. The Labute approximate surface area is 140 Å². The standard InChI is InChI=1S/C18H20N2S2/c1-3-7-15(8-4-1)19-11-12-20(16-9-5-2-6-10-16)17(19)18-21-13-14-22-18/h1-10,17-18H,11-14H2. The van der Waals surface area contributed by atoms with E-state index in [4.69, 9.17) is 0 Å². The second kappa shape index (κ2) is 6.47. The van der Waals surface area contributed by atoms with Crippen LogP contribution in [0, 0.1) is 0 Å². The number of anilines is 2. The Morgan fingerprint density at radius 1 is 0.682 bits per heavy atom. The third-order valence-electron chi connectivity index (χ3n) is 4.29. The van der Waals surface area contributed by atoms with Crippen molar-refractivity contribution >= 4 is 34.9 Å². The van der Waals surface area contributed by atoms with Gasteiger partial charge in [0.05, 0.1) is 4.58 Å². The van der Waals surface area contributed by atoms with Crippen molar-refractivity contribution in [3.8, 4) is 0 Å². The summed E-state index contributed by atoms with van der Waals surface area (Å²) >= 11 is 4.23. The summed E-state index contributed by atoms with van der Waals surface area (Å²) < 4.78 is 0.628. The van der Waals surface area contributed by atoms with Gasteiger partial charge in [0.25, 0.3) is 0 Å². The van der Waals surface area contributed by atoms with Crippen molar-refractivity contribution in [1.82, 2.24) is 0 Å². The maximum absolute atomic E-state index is 2.59. The van der Waals surface area contributed by atoms with E-state index in [1.165, 1.54) is 22.9 Å². The summed E-state index contributed by atoms with van der Waals surface area (Å²) in [4.78, 5) is 5.17. The van der Waals surface area contributed by atoms with Gasteiger partial charge in [0, 0.05) is 36.0 Å². The smallest absolute Gasteiger partial charge is 0.123 e. The van der Waals surface area contributed by atoms with E-state index in [0.29, 0.717) is 10.7 Å². The summed E-state index contributed by atoms with van der Waals surface area (Å²) in [7, 11) is 0. The van der Waals surface area contributed by atoms with Crippen LogP contribution in [-0.2, 0) is 0 Å². The molecule has 2 fully saturated rings. The van der Waals surface area contributed by atoms with E-state index in [1.807, 2.05) is 0 Å². The molecule has 0 N–H and O–H groups in total. The Bertz CT molecular complexity index is 551. The van der Waals surface area contributed by atoms with Gasteiger partial charge in [-0.05, 0) is 24.3 Å². The van der Waals surface area contributed by atoms with Gasteiger partial charge in [0.15, 0.2) is 0 Å². The predicted molar refractivity (Wildman–Crippen MR) is 100 cm³/mol. The number of rotatable bonds is 3. The van der Waals surface area contributed by atoms with E-state index in [9.17, 15) is 0 Å². The van der Waals surface area contributed by atoms with E-state index in [0.717, 1.165) is 13.1 Å². The second-order valence-electron chi connectivity index (χ2n) is 5.58. The summed E-state index contributed by atoms with van der Waals surface area (Å²) in [5.74, 6) is 2.55. The fraction of sp³-hybridized carbons (Fsp3) is 0.333. The summed E-state index contributed by atoms with van der Waals surface area (Å²) in [5, 5.41) is 0. The zero-order valence-electron chi connectivity index (χ0n) is 12.5. The number of benzene rings is 2. The fourth-order valence-corrected chi connectivity index (χ4v) is 6.42. The highest BCUT2D eigenvalue weighted by Crippen LogP contribution is 2.42. The van der Waals surface area contributed by atoms with Crippen LogP contribution in [-0.4, -0.2) is 35.3 Å². The highest BCUT2D eigenvalue weighted by atomic mass is 32.2. The maximum atomic E-state index is 2.59. The first-order valence-corrected chi connectivity index (χ1v) is 9.90.